The normalized spacial score (nSPS) is 20.8. The Morgan fingerprint density at radius 2 is 1.95 bits per heavy atom. The van der Waals surface area contributed by atoms with E-state index in [1.165, 1.54) is 11.3 Å². The van der Waals surface area contributed by atoms with Crippen LogP contribution in [0.2, 0.25) is 0 Å². The van der Waals surface area contributed by atoms with Crippen molar-refractivity contribution in [1.29, 1.82) is 0 Å². The summed E-state index contributed by atoms with van der Waals surface area (Å²) < 4.78 is 10.9. The average molecular weight is 567 g/mol. The number of alkyl carbamates (subject to hydrolysis) is 1. The number of carbonyl (C=O) groups excluding carboxylic acids is 2. The van der Waals surface area contributed by atoms with Crippen LogP contribution in [0.1, 0.15) is 53.8 Å². The number of amides is 2. The molecule has 214 valence electrons. The number of nitrogen functional groups attached to an aromatic ring is 1. The zero-order valence-electron chi connectivity index (χ0n) is 23.7. The lowest BCUT2D eigenvalue weighted by Gasteiger charge is -2.26. The van der Waals surface area contributed by atoms with Crippen molar-refractivity contribution in [3.63, 3.8) is 0 Å². The third-order valence-corrected chi connectivity index (χ3v) is 8.49. The van der Waals surface area contributed by atoms with Gasteiger partial charge >= 0.3 is 6.09 Å². The van der Waals surface area contributed by atoms with Crippen molar-refractivity contribution in [2.75, 3.05) is 37.4 Å². The van der Waals surface area contributed by atoms with Crippen LogP contribution in [0.15, 0.2) is 24.3 Å². The molecule has 1 fully saturated rings. The van der Waals surface area contributed by atoms with E-state index in [0.717, 1.165) is 52.4 Å². The maximum atomic E-state index is 13.1. The van der Waals surface area contributed by atoms with Crippen LogP contribution >= 0.6 is 11.3 Å². The number of aromatic nitrogens is 2. The van der Waals surface area contributed by atoms with Gasteiger partial charge in [0.15, 0.2) is 0 Å². The van der Waals surface area contributed by atoms with Gasteiger partial charge in [0, 0.05) is 48.9 Å². The highest BCUT2D eigenvalue weighted by molar-refractivity contribution is 7.21. The Balaban J connectivity index is 1.23. The van der Waals surface area contributed by atoms with Gasteiger partial charge in [0.05, 0.1) is 18.3 Å². The molecule has 5 rings (SSSR count). The standard InChI is InChI=1S/C29H38N6O4S/c1-16-6-9-20-24(30)25(40-27(20)31-16)26(36)32-19-8-10-21-17(12-19)7-11-23(33-21)35-13-18(15-38-5)22(14-35)34-28(37)39-29(2,3)4/h6-7,9,11,18-19,22H,8,10,12-15,30H2,1-5H3,(H,32,36)(H,34,37)/t18-,19+,22-/m1/s1. The van der Waals surface area contributed by atoms with Crippen LogP contribution in [0.4, 0.5) is 16.3 Å². The molecule has 0 bridgehead atoms. The predicted octanol–water partition coefficient (Wildman–Crippen LogP) is 3.85. The fourth-order valence-corrected chi connectivity index (χ4v) is 6.51. The molecular formula is C29H38N6O4S. The van der Waals surface area contributed by atoms with E-state index in [9.17, 15) is 9.59 Å². The third-order valence-electron chi connectivity index (χ3n) is 7.37. The molecule has 0 saturated carbocycles. The molecule has 2 amide bonds. The molecule has 0 spiro atoms. The van der Waals surface area contributed by atoms with Crippen LogP contribution in [0.25, 0.3) is 10.2 Å². The van der Waals surface area contributed by atoms with Gasteiger partial charge in [0.1, 0.15) is 21.1 Å². The van der Waals surface area contributed by atoms with Crippen molar-refractivity contribution < 1.29 is 19.1 Å². The van der Waals surface area contributed by atoms with Gasteiger partial charge in [-0.2, -0.15) is 0 Å². The van der Waals surface area contributed by atoms with E-state index in [1.54, 1.807) is 7.11 Å². The van der Waals surface area contributed by atoms with E-state index in [2.05, 4.69) is 26.6 Å². The van der Waals surface area contributed by atoms with E-state index < -0.39 is 11.7 Å². The molecule has 3 aromatic rings. The monoisotopic (exact) mass is 566 g/mol. The van der Waals surface area contributed by atoms with E-state index >= 15 is 0 Å². The zero-order valence-corrected chi connectivity index (χ0v) is 24.6. The summed E-state index contributed by atoms with van der Waals surface area (Å²) in [6.45, 7) is 9.37. The zero-order chi connectivity index (χ0) is 28.6. The molecule has 0 aromatic carbocycles. The van der Waals surface area contributed by atoms with Crippen LogP contribution in [-0.2, 0) is 22.3 Å². The summed E-state index contributed by atoms with van der Waals surface area (Å²) >= 11 is 1.34. The number of nitrogens with one attached hydrogen (secondary N) is 2. The van der Waals surface area contributed by atoms with Crippen LogP contribution in [0.5, 0.6) is 0 Å². The Kier molecular flexibility index (Phi) is 7.87. The smallest absolute Gasteiger partial charge is 0.407 e. The highest BCUT2D eigenvalue weighted by atomic mass is 32.1. The lowest BCUT2D eigenvalue weighted by Crippen LogP contribution is -2.44. The number of carbonyl (C=O) groups is 2. The van der Waals surface area contributed by atoms with Crippen molar-refractivity contribution in [2.24, 2.45) is 5.92 Å². The maximum absolute atomic E-state index is 13.1. The molecule has 1 aliphatic carbocycles. The maximum Gasteiger partial charge on any atom is 0.407 e. The number of fused-ring (bicyclic) bond motifs is 2. The molecule has 10 nitrogen and oxygen atoms in total. The summed E-state index contributed by atoms with van der Waals surface area (Å²) in [7, 11) is 1.67. The third kappa shape index (κ3) is 6.15. The van der Waals surface area contributed by atoms with Crippen molar-refractivity contribution in [1.82, 2.24) is 20.6 Å². The van der Waals surface area contributed by atoms with Gasteiger partial charge in [0.2, 0.25) is 0 Å². The summed E-state index contributed by atoms with van der Waals surface area (Å²) in [6.07, 6.45) is 1.86. The SMILES string of the molecule is COC[C@H]1CN(c2ccc3c(n2)CC[C@H](NC(=O)c2sc4nc(C)ccc4c2N)C3)C[C@H]1NC(=O)OC(C)(C)C. The molecule has 2 aliphatic rings. The topological polar surface area (TPSA) is 132 Å². The van der Waals surface area contributed by atoms with E-state index in [-0.39, 0.29) is 23.9 Å². The highest BCUT2D eigenvalue weighted by Crippen LogP contribution is 2.33. The fourth-order valence-electron chi connectivity index (χ4n) is 5.47. The fraction of sp³-hybridized carbons (Fsp3) is 0.517. The minimum Gasteiger partial charge on any atom is -0.444 e. The van der Waals surface area contributed by atoms with Gasteiger partial charge in [-0.25, -0.2) is 14.8 Å². The number of nitrogens with zero attached hydrogens (tertiary/aromatic N) is 3. The van der Waals surface area contributed by atoms with Crippen LogP contribution in [-0.4, -0.2) is 66.5 Å². The lowest BCUT2D eigenvalue weighted by atomic mass is 9.91. The molecule has 0 radical (unpaired) electrons. The second-order valence-electron chi connectivity index (χ2n) is 11.7. The lowest BCUT2D eigenvalue weighted by molar-refractivity contribution is 0.0480. The molecule has 4 heterocycles. The Bertz CT molecular complexity index is 1420. The minimum absolute atomic E-state index is 0.00670. The number of anilines is 2. The Morgan fingerprint density at radius 1 is 1.15 bits per heavy atom. The van der Waals surface area contributed by atoms with E-state index in [0.29, 0.717) is 30.1 Å². The predicted molar refractivity (Wildman–Crippen MR) is 157 cm³/mol. The molecule has 1 aliphatic heterocycles. The van der Waals surface area contributed by atoms with Gasteiger partial charge in [-0.3, -0.25) is 4.79 Å². The van der Waals surface area contributed by atoms with Gasteiger partial charge in [0.25, 0.3) is 5.91 Å². The Morgan fingerprint density at radius 3 is 2.70 bits per heavy atom. The minimum atomic E-state index is -0.558. The Hall–Kier alpha value is -3.44. The number of pyridine rings is 2. The number of methoxy groups -OCH3 is 1. The first-order valence-electron chi connectivity index (χ1n) is 13.7. The number of ether oxygens (including phenoxy) is 2. The van der Waals surface area contributed by atoms with Crippen molar-refractivity contribution in [3.05, 3.63) is 46.1 Å². The number of nitrogens with two attached hydrogens (primary N) is 1. The van der Waals surface area contributed by atoms with E-state index in [4.69, 9.17) is 20.2 Å². The average Bonchev–Trinajstić information content (AvgIpc) is 3.42. The number of aryl methyl sites for hydroxylation is 2. The summed E-state index contributed by atoms with van der Waals surface area (Å²) in [5.74, 6) is 0.855. The van der Waals surface area contributed by atoms with Gasteiger partial charge in [-0.05, 0) is 70.7 Å². The second kappa shape index (κ2) is 11.2. The Labute approximate surface area is 238 Å². The summed E-state index contributed by atoms with van der Waals surface area (Å²) in [4.78, 5) is 38.5. The molecule has 11 heteroatoms. The van der Waals surface area contributed by atoms with E-state index in [1.807, 2.05) is 45.9 Å². The van der Waals surface area contributed by atoms with Crippen molar-refractivity contribution >= 4 is 45.1 Å². The molecule has 1 saturated heterocycles. The molecule has 0 unspecified atom stereocenters. The number of rotatable bonds is 6. The quantitative estimate of drug-likeness (QED) is 0.410. The van der Waals surface area contributed by atoms with Crippen molar-refractivity contribution in [3.8, 4) is 0 Å². The molecule has 4 N–H and O–H groups in total. The summed E-state index contributed by atoms with van der Waals surface area (Å²) in [5, 5.41) is 7.03. The highest BCUT2D eigenvalue weighted by Gasteiger charge is 2.36. The number of hydrogen-bond donors (Lipinski definition) is 3. The van der Waals surface area contributed by atoms with Gasteiger partial charge < -0.3 is 30.7 Å². The first-order chi connectivity index (χ1) is 19.0. The first-order valence-corrected chi connectivity index (χ1v) is 14.5. The van der Waals surface area contributed by atoms with Crippen molar-refractivity contribution in [2.45, 2.75) is 64.6 Å². The summed E-state index contributed by atoms with van der Waals surface area (Å²) in [6, 6.07) is 7.87. The molecule has 40 heavy (non-hydrogen) atoms. The van der Waals surface area contributed by atoms with Crippen LogP contribution < -0.4 is 21.3 Å². The number of thiophene rings is 1. The largest absolute Gasteiger partial charge is 0.444 e. The summed E-state index contributed by atoms with van der Waals surface area (Å²) in [5.41, 5.74) is 9.32. The van der Waals surface area contributed by atoms with Crippen LogP contribution in [0, 0.1) is 12.8 Å². The molecule has 3 aromatic heterocycles. The van der Waals surface area contributed by atoms with Crippen LogP contribution in [0.3, 0.4) is 0 Å². The van der Waals surface area contributed by atoms with Gasteiger partial charge in [-0.1, -0.05) is 6.07 Å². The van der Waals surface area contributed by atoms with Gasteiger partial charge in [-0.15, -0.1) is 11.3 Å². The first kappa shape index (κ1) is 28.1. The molecular weight excluding hydrogens is 528 g/mol. The number of hydrogen-bond acceptors (Lipinski definition) is 9. The molecule has 3 atom stereocenters. The second-order valence-corrected chi connectivity index (χ2v) is 12.7.